The summed E-state index contributed by atoms with van der Waals surface area (Å²) in [5.41, 5.74) is 0.455. The minimum absolute atomic E-state index is 0.0484. The lowest BCUT2D eigenvalue weighted by molar-refractivity contribution is -0.0757. The third kappa shape index (κ3) is 4.01. The van der Waals surface area contributed by atoms with E-state index in [4.69, 9.17) is 16.4 Å². The molecular formula is C15H15ClN2O4S. The number of carbonyl (C=O) groups excluding carboxylic acids is 1. The monoisotopic (exact) mass is 354 g/mol. The Morgan fingerprint density at radius 3 is 2.52 bits per heavy atom. The van der Waals surface area contributed by atoms with Gasteiger partial charge in [-0.05, 0) is 30.3 Å². The van der Waals surface area contributed by atoms with Gasteiger partial charge in [-0.15, -0.1) is 0 Å². The van der Waals surface area contributed by atoms with Crippen LogP contribution in [0, 0.1) is 0 Å². The number of benzene rings is 2. The second-order valence-electron chi connectivity index (χ2n) is 4.60. The second kappa shape index (κ2) is 6.99. The minimum atomic E-state index is -3.87. The molecular weight excluding hydrogens is 340 g/mol. The number of carbonyl (C=O) groups is 1. The molecule has 0 aromatic heterocycles. The maximum absolute atomic E-state index is 12.4. The fourth-order valence-corrected chi connectivity index (χ4v) is 3.17. The summed E-state index contributed by atoms with van der Waals surface area (Å²) in [7, 11) is -1.09. The predicted molar refractivity (Wildman–Crippen MR) is 87.8 cm³/mol. The van der Waals surface area contributed by atoms with Crippen LogP contribution in [0.25, 0.3) is 0 Å². The molecule has 0 saturated carbocycles. The predicted octanol–water partition coefficient (Wildman–Crippen LogP) is 2.77. The summed E-state index contributed by atoms with van der Waals surface area (Å²) in [5, 5.41) is 1.29. The van der Waals surface area contributed by atoms with E-state index < -0.39 is 15.9 Å². The van der Waals surface area contributed by atoms with Crippen LogP contribution in [0.5, 0.6) is 0 Å². The largest absolute Gasteiger partial charge is 0.278 e. The third-order valence-corrected chi connectivity index (χ3v) is 4.76. The Hall–Kier alpha value is -2.09. The fourth-order valence-electron chi connectivity index (χ4n) is 1.81. The second-order valence-corrected chi connectivity index (χ2v) is 6.69. The quantitative estimate of drug-likeness (QED) is 0.838. The number of rotatable bonds is 5. The van der Waals surface area contributed by atoms with Gasteiger partial charge in [0.05, 0.1) is 22.7 Å². The van der Waals surface area contributed by atoms with Gasteiger partial charge in [-0.25, -0.2) is 13.5 Å². The van der Waals surface area contributed by atoms with Crippen LogP contribution in [0.4, 0.5) is 5.69 Å². The molecule has 0 radical (unpaired) electrons. The average molecular weight is 355 g/mol. The highest BCUT2D eigenvalue weighted by Gasteiger charge is 2.19. The van der Waals surface area contributed by atoms with Crippen molar-refractivity contribution < 1.29 is 18.0 Å². The van der Waals surface area contributed by atoms with Crippen LogP contribution < -0.4 is 4.72 Å². The molecule has 23 heavy (non-hydrogen) atoms. The molecule has 0 aliphatic heterocycles. The first-order valence-electron chi connectivity index (χ1n) is 6.55. The van der Waals surface area contributed by atoms with Crippen LogP contribution in [0.1, 0.15) is 10.4 Å². The van der Waals surface area contributed by atoms with E-state index >= 15 is 0 Å². The van der Waals surface area contributed by atoms with Gasteiger partial charge in [-0.1, -0.05) is 29.8 Å². The molecule has 2 aromatic rings. The Labute approximate surface area is 139 Å². The maximum Gasteiger partial charge on any atom is 0.277 e. The topological polar surface area (TPSA) is 75.7 Å². The number of hydroxylamine groups is 2. The molecule has 2 aromatic carbocycles. The number of nitrogens with zero attached hydrogens (tertiary/aromatic N) is 1. The van der Waals surface area contributed by atoms with Gasteiger partial charge in [0.25, 0.3) is 15.9 Å². The molecule has 122 valence electrons. The number of halogens is 1. The lowest BCUT2D eigenvalue weighted by atomic mass is 10.2. The molecule has 1 N–H and O–H groups in total. The molecule has 0 aliphatic rings. The Morgan fingerprint density at radius 1 is 1.17 bits per heavy atom. The Balaban J connectivity index is 2.34. The zero-order valence-electron chi connectivity index (χ0n) is 12.5. The average Bonchev–Trinajstić information content (AvgIpc) is 2.55. The van der Waals surface area contributed by atoms with Crippen molar-refractivity contribution in [2.75, 3.05) is 18.9 Å². The number of amides is 1. The number of nitrogens with one attached hydrogen (secondary N) is 1. The Kier molecular flexibility index (Phi) is 5.25. The highest BCUT2D eigenvalue weighted by Crippen LogP contribution is 2.24. The van der Waals surface area contributed by atoms with Crippen molar-refractivity contribution in [3.8, 4) is 0 Å². The molecule has 0 heterocycles. The van der Waals surface area contributed by atoms with Crippen molar-refractivity contribution in [2.24, 2.45) is 0 Å². The smallest absolute Gasteiger partial charge is 0.277 e. The summed E-state index contributed by atoms with van der Waals surface area (Å²) in [6.07, 6.45) is 0. The van der Waals surface area contributed by atoms with Crippen molar-refractivity contribution in [1.82, 2.24) is 5.06 Å². The SMILES string of the molecule is CON(C)C(=O)c1cccc(S(=O)(=O)Nc2ccccc2Cl)c1. The van der Waals surface area contributed by atoms with Gasteiger partial charge < -0.3 is 0 Å². The summed E-state index contributed by atoms with van der Waals surface area (Å²) in [4.78, 5) is 16.8. The standard InChI is InChI=1S/C15H15ClN2O4S/c1-18(22-2)15(19)11-6-5-7-12(10-11)23(20,21)17-14-9-4-3-8-13(14)16/h3-10,17H,1-2H3. The molecule has 8 heteroatoms. The van der Waals surface area contributed by atoms with Crippen molar-refractivity contribution in [1.29, 1.82) is 0 Å². The summed E-state index contributed by atoms with van der Waals surface area (Å²) >= 11 is 5.96. The number of hydrogen-bond acceptors (Lipinski definition) is 4. The minimum Gasteiger partial charge on any atom is -0.278 e. The van der Waals surface area contributed by atoms with Crippen LogP contribution in [0.15, 0.2) is 53.4 Å². The lowest BCUT2D eigenvalue weighted by Gasteiger charge is -2.14. The lowest BCUT2D eigenvalue weighted by Crippen LogP contribution is -2.25. The van der Waals surface area contributed by atoms with E-state index in [1.165, 1.54) is 38.4 Å². The van der Waals surface area contributed by atoms with Crippen molar-refractivity contribution in [2.45, 2.75) is 4.90 Å². The highest BCUT2D eigenvalue weighted by molar-refractivity contribution is 7.92. The van der Waals surface area contributed by atoms with Gasteiger partial charge in [-0.2, -0.15) is 0 Å². The third-order valence-electron chi connectivity index (χ3n) is 3.07. The normalized spacial score (nSPS) is 11.1. The highest BCUT2D eigenvalue weighted by atomic mass is 35.5. The fraction of sp³-hybridized carbons (Fsp3) is 0.133. The Bertz CT molecular complexity index is 824. The molecule has 0 spiro atoms. The van der Waals surface area contributed by atoms with E-state index in [-0.39, 0.29) is 21.2 Å². The van der Waals surface area contributed by atoms with Crippen LogP contribution in [0.2, 0.25) is 5.02 Å². The number of hydrogen-bond donors (Lipinski definition) is 1. The van der Waals surface area contributed by atoms with Gasteiger partial charge in [0.1, 0.15) is 0 Å². The molecule has 0 atom stereocenters. The summed E-state index contributed by atoms with van der Waals surface area (Å²) in [5.74, 6) is -0.456. The summed E-state index contributed by atoms with van der Waals surface area (Å²) in [6, 6.07) is 12.1. The van der Waals surface area contributed by atoms with E-state index in [0.717, 1.165) is 5.06 Å². The Morgan fingerprint density at radius 2 is 1.87 bits per heavy atom. The van der Waals surface area contributed by atoms with Gasteiger partial charge in [0, 0.05) is 12.6 Å². The summed E-state index contributed by atoms with van der Waals surface area (Å²) < 4.78 is 27.3. The molecule has 1 amide bonds. The van der Waals surface area contributed by atoms with Gasteiger partial charge in [0.2, 0.25) is 0 Å². The van der Waals surface area contributed by atoms with Crippen LogP contribution in [-0.4, -0.2) is 33.5 Å². The first kappa shape index (κ1) is 17.3. The first-order valence-corrected chi connectivity index (χ1v) is 8.41. The number of para-hydroxylation sites is 1. The first-order chi connectivity index (χ1) is 10.8. The maximum atomic E-state index is 12.4. The van der Waals surface area contributed by atoms with Crippen LogP contribution >= 0.6 is 11.6 Å². The van der Waals surface area contributed by atoms with Crippen LogP contribution in [0.3, 0.4) is 0 Å². The molecule has 0 saturated heterocycles. The molecule has 6 nitrogen and oxygen atoms in total. The van der Waals surface area contributed by atoms with E-state index in [1.807, 2.05) is 0 Å². The van der Waals surface area contributed by atoms with Gasteiger partial charge in [0.15, 0.2) is 0 Å². The van der Waals surface area contributed by atoms with Gasteiger partial charge in [-0.3, -0.25) is 14.4 Å². The molecule has 0 unspecified atom stereocenters. The van der Waals surface area contributed by atoms with Crippen LogP contribution in [-0.2, 0) is 14.9 Å². The van der Waals surface area contributed by atoms with E-state index in [0.29, 0.717) is 0 Å². The molecule has 2 rings (SSSR count). The molecule has 0 fully saturated rings. The molecule has 0 aliphatic carbocycles. The molecule has 0 bridgehead atoms. The zero-order chi connectivity index (χ0) is 17.0. The summed E-state index contributed by atoms with van der Waals surface area (Å²) in [6.45, 7) is 0. The van der Waals surface area contributed by atoms with Crippen molar-refractivity contribution in [3.05, 3.63) is 59.1 Å². The number of anilines is 1. The van der Waals surface area contributed by atoms with Crippen molar-refractivity contribution >= 4 is 33.2 Å². The van der Waals surface area contributed by atoms with E-state index in [9.17, 15) is 13.2 Å². The number of sulfonamides is 1. The van der Waals surface area contributed by atoms with E-state index in [2.05, 4.69) is 4.72 Å². The van der Waals surface area contributed by atoms with Crippen molar-refractivity contribution in [3.63, 3.8) is 0 Å². The zero-order valence-corrected chi connectivity index (χ0v) is 14.1. The van der Waals surface area contributed by atoms with E-state index in [1.54, 1.807) is 24.3 Å². The van der Waals surface area contributed by atoms with Gasteiger partial charge >= 0.3 is 0 Å².